The number of hydrogen-bond donors (Lipinski definition) is 0. The zero-order chi connectivity index (χ0) is 7.83. The van der Waals surface area contributed by atoms with E-state index in [0.717, 1.165) is 0 Å². The van der Waals surface area contributed by atoms with Gasteiger partial charge in [0.05, 0.1) is 0 Å². The predicted molar refractivity (Wildman–Crippen MR) is 46.0 cm³/mol. The fraction of sp³-hybridized carbons (Fsp3) is 1.00. The highest BCUT2D eigenvalue weighted by Crippen LogP contribution is 2.58. The van der Waals surface area contributed by atoms with E-state index in [4.69, 9.17) is 0 Å². The molecule has 0 spiro atoms. The van der Waals surface area contributed by atoms with Gasteiger partial charge in [0.2, 0.25) is 0 Å². The molecule has 60 valence electrons. The van der Waals surface area contributed by atoms with Crippen LogP contribution in [0.4, 0.5) is 0 Å². The first-order chi connectivity index (χ1) is 4.52. The average molecular weight is 140 g/mol. The van der Waals surface area contributed by atoms with Crippen LogP contribution in [0.3, 0.4) is 0 Å². The van der Waals surface area contributed by atoms with Crippen molar-refractivity contribution in [3.05, 3.63) is 0 Å². The lowest BCUT2D eigenvalue weighted by atomic mass is 9.50. The van der Waals surface area contributed by atoms with Crippen molar-refractivity contribution in [3.8, 4) is 0 Å². The highest BCUT2D eigenvalue weighted by Gasteiger charge is 2.47. The Morgan fingerprint density at radius 3 is 1.80 bits per heavy atom. The van der Waals surface area contributed by atoms with Crippen molar-refractivity contribution in [1.82, 2.24) is 0 Å². The first kappa shape index (κ1) is 8.10. The maximum atomic E-state index is 2.44. The zero-order valence-electron chi connectivity index (χ0n) is 7.83. The predicted octanol–water partition coefficient (Wildman–Crippen LogP) is 3.61. The molecule has 0 heteroatoms. The van der Waals surface area contributed by atoms with Crippen molar-refractivity contribution in [1.29, 1.82) is 0 Å². The van der Waals surface area contributed by atoms with Crippen LogP contribution in [0.2, 0.25) is 0 Å². The van der Waals surface area contributed by atoms with E-state index in [1.54, 1.807) is 0 Å². The van der Waals surface area contributed by atoms with Crippen LogP contribution in [0, 0.1) is 10.8 Å². The molecule has 10 heavy (non-hydrogen) atoms. The van der Waals surface area contributed by atoms with E-state index in [1.165, 1.54) is 25.7 Å². The van der Waals surface area contributed by atoms with Gasteiger partial charge in [-0.25, -0.2) is 0 Å². The van der Waals surface area contributed by atoms with Gasteiger partial charge in [-0.1, -0.05) is 34.1 Å². The first-order valence-corrected chi connectivity index (χ1v) is 4.52. The van der Waals surface area contributed by atoms with E-state index in [9.17, 15) is 0 Å². The lowest BCUT2D eigenvalue weighted by Crippen LogP contribution is -2.44. The van der Waals surface area contributed by atoms with Crippen LogP contribution >= 0.6 is 0 Å². The number of hydrogen-bond acceptors (Lipinski definition) is 0. The van der Waals surface area contributed by atoms with Crippen LogP contribution in [-0.2, 0) is 0 Å². The van der Waals surface area contributed by atoms with Crippen LogP contribution in [0.15, 0.2) is 0 Å². The molecule has 1 aliphatic rings. The van der Waals surface area contributed by atoms with Gasteiger partial charge in [0, 0.05) is 0 Å². The highest BCUT2D eigenvalue weighted by molar-refractivity contribution is 4.98. The summed E-state index contributed by atoms with van der Waals surface area (Å²) in [6, 6.07) is 0. The molecule has 0 nitrogen and oxygen atoms in total. The van der Waals surface area contributed by atoms with Gasteiger partial charge < -0.3 is 0 Å². The van der Waals surface area contributed by atoms with Gasteiger partial charge in [-0.3, -0.25) is 0 Å². The third kappa shape index (κ3) is 0.980. The van der Waals surface area contributed by atoms with Crippen molar-refractivity contribution >= 4 is 0 Å². The van der Waals surface area contributed by atoms with E-state index < -0.39 is 0 Å². The molecule has 0 aromatic heterocycles. The third-order valence-electron chi connectivity index (χ3n) is 3.74. The Balaban J connectivity index is 2.53. The molecule has 1 saturated carbocycles. The van der Waals surface area contributed by atoms with Gasteiger partial charge in [-0.05, 0) is 30.1 Å². The van der Waals surface area contributed by atoms with Gasteiger partial charge in [-0.15, -0.1) is 0 Å². The van der Waals surface area contributed by atoms with Gasteiger partial charge in [-0.2, -0.15) is 0 Å². The topological polar surface area (TPSA) is 0 Å². The largest absolute Gasteiger partial charge is 0.0654 e. The molecule has 1 fully saturated rings. The summed E-state index contributed by atoms with van der Waals surface area (Å²) < 4.78 is 0. The minimum absolute atomic E-state index is 0.628. The Labute approximate surface area is 65.0 Å². The molecule has 1 rings (SSSR count). The molecule has 1 unspecified atom stereocenters. The summed E-state index contributed by atoms with van der Waals surface area (Å²) in [5, 5.41) is 0. The molecule has 0 bridgehead atoms. The van der Waals surface area contributed by atoms with Crippen LogP contribution in [0.1, 0.15) is 53.4 Å². The van der Waals surface area contributed by atoms with Gasteiger partial charge in [0.1, 0.15) is 0 Å². The summed E-state index contributed by atoms with van der Waals surface area (Å²) >= 11 is 0. The van der Waals surface area contributed by atoms with Gasteiger partial charge >= 0.3 is 0 Å². The molecule has 0 N–H and O–H groups in total. The van der Waals surface area contributed by atoms with E-state index >= 15 is 0 Å². The average Bonchev–Trinajstić information content (AvgIpc) is 1.86. The molecule has 0 heterocycles. The van der Waals surface area contributed by atoms with Gasteiger partial charge in [0.15, 0.2) is 0 Å². The van der Waals surface area contributed by atoms with E-state index in [-0.39, 0.29) is 0 Å². The Hall–Kier alpha value is 0. The minimum atomic E-state index is 0.628. The third-order valence-corrected chi connectivity index (χ3v) is 3.74. The molecule has 0 aromatic rings. The second-order valence-electron chi connectivity index (χ2n) is 4.69. The highest BCUT2D eigenvalue weighted by atomic mass is 14.5. The summed E-state index contributed by atoms with van der Waals surface area (Å²) in [5.74, 6) is 0. The maximum absolute atomic E-state index is 2.44. The van der Waals surface area contributed by atoms with E-state index in [1.807, 2.05) is 0 Å². The van der Waals surface area contributed by atoms with Crippen LogP contribution < -0.4 is 0 Å². The molecule has 1 atom stereocenters. The normalized spacial score (nSPS) is 37.2. The number of rotatable bonds is 2. The lowest BCUT2D eigenvalue weighted by molar-refractivity contribution is -0.0421. The summed E-state index contributed by atoms with van der Waals surface area (Å²) in [4.78, 5) is 0. The molecular weight excluding hydrogens is 120 g/mol. The maximum Gasteiger partial charge on any atom is -0.0274 e. The van der Waals surface area contributed by atoms with Crippen LogP contribution in [0.25, 0.3) is 0 Å². The molecule has 1 aliphatic carbocycles. The van der Waals surface area contributed by atoms with Crippen molar-refractivity contribution in [2.45, 2.75) is 53.4 Å². The summed E-state index contributed by atoms with van der Waals surface area (Å²) in [6.07, 6.45) is 5.65. The summed E-state index contributed by atoms with van der Waals surface area (Å²) in [5.41, 5.74) is 1.30. The van der Waals surface area contributed by atoms with E-state index in [2.05, 4.69) is 27.7 Å². The quantitative estimate of drug-likeness (QED) is 0.549. The molecule has 0 saturated heterocycles. The fourth-order valence-corrected chi connectivity index (χ4v) is 2.07. The second kappa shape index (κ2) is 2.25. The standard InChI is InChI=1S/C10H20/c1-5-6-10(4)8-7-9(10,2)3/h5-8H2,1-4H3. The van der Waals surface area contributed by atoms with Crippen molar-refractivity contribution in [2.75, 3.05) is 0 Å². The fourth-order valence-electron chi connectivity index (χ4n) is 2.07. The summed E-state index contributed by atoms with van der Waals surface area (Å²) in [6.45, 7) is 9.55. The first-order valence-electron chi connectivity index (χ1n) is 4.52. The van der Waals surface area contributed by atoms with E-state index in [0.29, 0.717) is 10.8 Å². The smallest absolute Gasteiger partial charge is 0.0274 e. The SMILES string of the molecule is CCCC1(C)CCC1(C)C. The Morgan fingerprint density at radius 2 is 1.70 bits per heavy atom. The molecular formula is C10H20. The lowest BCUT2D eigenvalue weighted by Gasteiger charge is -2.55. The van der Waals surface area contributed by atoms with Crippen molar-refractivity contribution in [3.63, 3.8) is 0 Å². The van der Waals surface area contributed by atoms with Crippen LogP contribution in [0.5, 0.6) is 0 Å². The second-order valence-corrected chi connectivity index (χ2v) is 4.69. The van der Waals surface area contributed by atoms with Crippen molar-refractivity contribution in [2.24, 2.45) is 10.8 Å². The Kier molecular flexibility index (Phi) is 1.82. The molecule has 0 radical (unpaired) electrons. The van der Waals surface area contributed by atoms with Crippen LogP contribution in [-0.4, -0.2) is 0 Å². The Morgan fingerprint density at radius 1 is 1.10 bits per heavy atom. The monoisotopic (exact) mass is 140 g/mol. The zero-order valence-corrected chi connectivity index (χ0v) is 7.83. The summed E-state index contributed by atoms with van der Waals surface area (Å²) in [7, 11) is 0. The van der Waals surface area contributed by atoms with Crippen molar-refractivity contribution < 1.29 is 0 Å². The minimum Gasteiger partial charge on any atom is -0.0654 e. The van der Waals surface area contributed by atoms with Gasteiger partial charge in [0.25, 0.3) is 0 Å². The molecule has 0 aliphatic heterocycles. The molecule has 0 amide bonds. The molecule has 0 aromatic carbocycles. The Bertz CT molecular complexity index is 124.